The minimum atomic E-state index is -2.68. The van der Waals surface area contributed by atoms with Gasteiger partial charge < -0.3 is 10.6 Å². The molecule has 0 aromatic carbocycles. The number of nitrogens with two attached hydrogens (primary N) is 1. The number of anilines is 2. The Bertz CT molecular complexity index is 581. The van der Waals surface area contributed by atoms with Crippen LogP contribution in [0.5, 0.6) is 0 Å². The Labute approximate surface area is 101 Å². The molecule has 8 heteroatoms. The highest BCUT2D eigenvalue weighted by Crippen LogP contribution is 2.29. The van der Waals surface area contributed by atoms with Gasteiger partial charge in [-0.1, -0.05) is 0 Å². The van der Waals surface area contributed by atoms with Gasteiger partial charge in [-0.05, 0) is 6.42 Å². The van der Waals surface area contributed by atoms with E-state index >= 15 is 0 Å². The van der Waals surface area contributed by atoms with E-state index in [1.165, 1.54) is 11.1 Å². The monoisotopic (exact) mass is 254 g/mol. The van der Waals surface area contributed by atoms with Gasteiger partial charge >= 0.3 is 0 Å². The first-order valence-electron chi connectivity index (χ1n) is 5.65. The van der Waals surface area contributed by atoms with Crippen LogP contribution in [0.4, 0.5) is 20.5 Å². The predicted molar refractivity (Wildman–Crippen MR) is 61.6 cm³/mol. The fourth-order valence-electron chi connectivity index (χ4n) is 2.19. The molecule has 1 aliphatic rings. The summed E-state index contributed by atoms with van der Waals surface area (Å²) in [5, 5.41) is 7.81. The van der Waals surface area contributed by atoms with Gasteiger partial charge in [-0.25, -0.2) is 13.8 Å². The third kappa shape index (κ3) is 1.73. The van der Waals surface area contributed by atoms with Gasteiger partial charge in [0.05, 0.1) is 6.54 Å². The second-order valence-corrected chi connectivity index (χ2v) is 4.39. The molecule has 96 valence electrons. The largest absolute Gasteiger partial charge is 0.381 e. The Morgan fingerprint density at radius 1 is 1.33 bits per heavy atom. The van der Waals surface area contributed by atoms with Crippen LogP contribution in [0.1, 0.15) is 12.8 Å². The number of piperidine rings is 1. The lowest BCUT2D eigenvalue weighted by Crippen LogP contribution is -2.43. The lowest BCUT2D eigenvalue weighted by atomic mass is 10.1. The highest BCUT2D eigenvalue weighted by atomic mass is 19.3. The molecule has 18 heavy (non-hydrogen) atoms. The number of alkyl halides is 2. The normalized spacial score (nSPS) is 19.3. The fourth-order valence-corrected chi connectivity index (χ4v) is 2.19. The molecule has 3 heterocycles. The van der Waals surface area contributed by atoms with Crippen LogP contribution in [0.3, 0.4) is 0 Å². The van der Waals surface area contributed by atoms with Crippen molar-refractivity contribution < 1.29 is 8.78 Å². The molecule has 2 aromatic rings. The summed E-state index contributed by atoms with van der Waals surface area (Å²) in [6, 6.07) is 0. The average molecular weight is 254 g/mol. The molecule has 0 bridgehead atoms. The van der Waals surface area contributed by atoms with Crippen LogP contribution in [0.15, 0.2) is 12.4 Å². The third-order valence-corrected chi connectivity index (χ3v) is 3.01. The Morgan fingerprint density at radius 3 is 2.94 bits per heavy atom. The molecule has 0 atom stereocenters. The molecule has 1 aliphatic heterocycles. The Balaban J connectivity index is 2.02. The molecule has 1 saturated heterocycles. The zero-order valence-electron chi connectivity index (χ0n) is 9.55. The summed E-state index contributed by atoms with van der Waals surface area (Å²) in [5.41, 5.74) is 6.04. The Morgan fingerprint density at radius 2 is 2.17 bits per heavy atom. The smallest absolute Gasteiger partial charge is 0.265 e. The Hall–Kier alpha value is -1.99. The van der Waals surface area contributed by atoms with Crippen LogP contribution in [-0.4, -0.2) is 38.6 Å². The molecule has 0 unspecified atom stereocenters. The number of hydrogen-bond acceptors (Lipinski definition) is 5. The van der Waals surface area contributed by atoms with E-state index in [1.807, 2.05) is 0 Å². The van der Waals surface area contributed by atoms with Crippen molar-refractivity contribution in [2.75, 3.05) is 23.7 Å². The SMILES string of the molecule is Nc1nccn2c(N3CCCC(F)(F)C3)nnc12. The summed E-state index contributed by atoms with van der Waals surface area (Å²) in [6.45, 7) is 0.203. The second kappa shape index (κ2) is 3.76. The average Bonchev–Trinajstić information content (AvgIpc) is 2.73. The molecule has 0 amide bonds. The number of aromatic nitrogens is 4. The Kier molecular flexibility index (Phi) is 2.32. The first-order chi connectivity index (χ1) is 8.57. The van der Waals surface area contributed by atoms with Crippen molar-refractivity contribution in [2.45, 2.75) is 18.8 Å². The topological polar surface area (TPSA) is 72.3 Å². The zero-order chi connectivity index (χ0) is 12.8. The highest BCUT2D eigenvalue weighted by Gasteiger charge is 2.36. The van der Waals surface area contributed by atoms with Crippen molar-refractivity contribution in [3.63, 3.8) is 0 Å². The number of nitrogens with zero attached hydrogens (tertiary/aromatic N) is 5. The van der Waals surface area contributed by atoms with Crippen LogP contribution in [0.25, 0.3) is 5.65 Å². The van der Waals surface area contributed by atoms with Crippen molar-refractivity contribution in [2.24, 2.45) is 0 Å². The lowest BCUT2D eigenvalue weighted by Gasteiger charge is -2.32. The van der Waals surface area contributed by atoms with E-state index in [0.29, 0.717) is 24.6 Å². The van der Waals surface area contributed by atoms with Crippen molar-refractivity contribution >= 4 is 17.4 Å². The number of fused-ring (bicyclic) bond motifs is 1. The summed E-state index contributed by atoms with van der Waals surface area (Å²) in [7, 11) is 0. The first kappa shape index (κ1) is 11.1. The maximum absolute atomic E-state index is 13.4. The number of nitrogen functional groups attached to an aromatic ring is 1. The third-order valence-electron chi connectivity index (χ3n) is 3.01. The van der Waals surface area contributed by atoms with Gasteiger partial charge in [-0.3, -0.25) is 4.40 Å². The van der Waals surface area contributed by atoms with Crippen molar-refractivity contribution in [3.8, 4) is 0 Å². The summed E-state index contributed by atoms with van der Waals surface area (Å²) in [6.07, 6.45) is 3.47. The summed E-state index contributed by atoms with van der Waals surface area (Å²) >= 11 is 0. The van der Waals surface area contributed by atoms with Crippen LogP contribution >= 0.6 is 0 Å². The van der Waals surface area contributed by atoms with Crippen molar-refractivity contribution in [1.29, 1.82) is 0 Å². The van der Waals surface area contributed by atoms with E-state index in [0.717, 1.165) is 0 Å². The molecule has 3 rings (SSSR count). The van der Waals surface area contributed by atoms with Gasteiger partial charge in [0.1, 0.15) is 0 Å². The van der Waals surface area contributed by atoms with Gasteiger partial charge in [0, 0.05) is 25.4 Å². The van der Waals surface area contributed by atoms with Crippen LogP contribution < -0.4 is 10.6 Å². The predicted octanol–water partition coefficient (Wildman–Crippen LogP) is 0.942. The van der Waals surface area contributed by atoms with Gasteiger partial charge in [-0.15, -0.1) is 10.2 Å². The summed E-state index contributed by atoms with van der Waals surface area (Å²) < 4.78 is 28.4. The molecule has 0 radical (unpaired) electrons. The minimum Gasteiger partial charge on any atom is -0.381 e. The lowest BCUT2D eigenvalue weighted by molar-refractivity contribution is -0.0121. The molecule has 0 spiro atoms. The van der Waals surface area contributed by atoms with E-state index in [-0.39, 0.29) is 18.8 Å². The van der Waals surface area contributed by atoms with Crippen LogP contribution in [-0.2, 0) is 0 Å². The van der Waals surface area contributed by atoms with Crippen molar-refractivity contribution in [1.82, 2.24) is 19.6 Å². The standard InChI is InChI=1S/C10H12F2N6/c11-10(12)2-1-4-17(6-10)9-16-15-8-7(13)14-3-5-18(8)9/h3,5H,1-2,4,6H2,(H2,13,14). The minimum absolute atomic E-state index is 0.0794. The molecule has 0 saturated carbocycles. The van der Waals surface area contributed by atoms with E-state index in [4.69, 9.17) is 5.73 Å². The van der Waals surface area contributed by atoms with Crippen LogP contribution in [0.2, 0.25) is 0 Å². The van der Waals surface area contributed by atoms with E-state index in [9.17, 15) is 8.78 Å². The first-order valence-corrected chi connectivity index (χ1v) is 5.65. The van der Waals surface area contributed by atoms with Gasteiger partial charge in [-0.2, -0.15) is 0 Å². The molecular formula is C10H12F2N6. The van der Waals surface area contributed by atoms with E-state index in [1.54, 1.807) is 10.6 Å². The molecule has 6 nitrogen and oxygen atoms in total. The maximum Gasteiger partial charge on any atom is 0.265 e. The highest BCUT2D eigenvalue weighted by molar-refractivity contribution is 5.61. The number of rotatable bonds is 1. The molecule has 0 aliphatic carbocycles. The van der Waals surface area contributed by atoms with E-state index in [2.05, 4.69) is 15.2 Å². The van der Waals surface area contributed by atoms with Crippen molar-refractivity contribution in [3.05, 3.63) is 12.4 Å². The zero-order valence-corrected chi connectivity index (χ0v) is 9.55. The number of hydrogen-bond donors (Lipinski definition) is 1. The van der Waals surface area contributed by atoms with Gasteiger partial charge in [0.25, 0.3) is 5.92 Å². The van der Waals surface area contributed by atoms with E-state index < -0.39 is 5.92 Å². The quantitative estimate of drug-likeness (QED) is 0.820. The molecule has 1 fully saturated rings. The fraction of sp³-hybridized carbons (Fsp3) is 0.500. The molecule has 2 N–H and O–H groups in total. The maximum atomic E-state index is 13.4. The number of halogens is 2. The molecular weight excluding hydrogens is 242 g/mol. The van der Waals surface area contributed by atoms with Crippen LogP contribution in [0, 0.1) is 0 Å². The summed E-state index contributed by atoms with van der Waals surface area (Å²) in [5.74, 6) is -2.05. The second-order valence-electron chi connectivity index (χ2n) is 4.39. The van der Waals surface area contributed by atoms with Gasteiger partial charge in [0.15, 0.2) is 5.82 Å². The summed E-state index contributed by atoms with van der Waals surface area (Å²) in [4.78, 5) is 5.41. The molecule has 2 aromatic heterocycles. The van der Waals surface area contributed by atoms with Gasteiger partial charge in [0.2, 0.25) is 11.6 Å².